The minimum atomic E-state index is -0.157. The van der Waals surface area contributed by atoms with Gasteiger partial charge in [0, 0.05) is 44.2 Å². The van der Waals surface area contributed by atoms with Crippen LogP contribution in [0.2, 0.25) is 0 Å². The molecule has 19 aromatic carbocycles. The Hall–Kier alpha value is -17.3. The Balaban J connectivity index is 0.000000146. The lowest BCUT2D eigenvalue weighted by Crippen LogP contribution is -2.15. The zero-order valence-corrected chi connectivity index (χ0v) is 69.1. The first-order chi connectivity index (χ1) is 62.5. The lowest BCUT2D eigenvalue weighted by atomic mass is 9.82. The van der Waals surface area contributed by atoms with Crippen LogP contribution in [0.15, 0.2) is 394 Å². The molecule has 0 spiro atoms. The van der Waals surface area contributed by atoms with Gasteiger partial charge in [-0.25, -0.2) is 34.7 Å². The second kappa shape index (κ2) is 30.4. The zero-order valence-electron chi connectivity index (χ0n) is 69.1. The van der Waals surface area contributed by atoms with Crippen LogP contribution in [0.3, 0.4) is 0 Å². The van der Waals surface area contributed by atoms with E-state index < -0.39 is 0 Å². The molecule has 0 N–H and O–H groups in total. The molecule has 0 atom stereocenters. The molecule has 127 heavy (non-hydrogen) atoms. The molecule has 3 aliphatic rings. The third-order valence-corrected chi connectivity index (χ3v) is 25.7. The normalized spacial score (nSPS) is 12.1. The van der Waals surface area contributed by atoms with Crippen molar-refractivity contribution in [2.24, 2.45) is 0 Å². The van der Waals surface area contributed by atoms with E-state index in [2.05, 4.69) is 286 Å². The van der Waals surface area contributed by atoms with Gasteiger partial charge in [0.05, 0.1) is 29.8 Å². The van der Waals surface area contributed by atoms with Crippen LogP contribution in [0.1, 0.15) is 36.1 Å². The van der Waals surface area contributed by atoms with E-state index in [1.807, 2.05) is 140 Å². The van der Waals surface area contributed by atoms with Crippen LogP contribution in [-0.2, 0) is 5.41 Å². The van der Waals surface area contributed by atoms with Crippen LogP contribution in [-0.4, -0.2) is 29.9 Å². The number of benzene rings is 19. The monoisotopic (exact) mass is 1610 g/mol. The summed E-state index contributed by atoms with van der Waals surface area (Å²) < 4.78 is 0. The molecule has 0 aliphatic heterocycles. The van der Waals surface area contributed by atoms with E-state index in [-0.39, 0.29) is 5.41 Å². The molecule has 0 bridgehead atoms. The highest BCUT2D eigenvalue weighted by Crippen LogP contribution is 2.56. The molecule has 2 aromatic heterocycles. The van der Waals surface area contributed by atoms with Crippen molar-refractivity contribution in [3.05, 3.63) is 428 Å². The summed E-state index contributed by atoms with van der Waals surface area (Å²) in [5.41, 5.74) is 35.8. The van der Waals surface area contributed by atoms with Crippen LogP contribution in [0.25, 0.3) is 239 Å². The summed E-state index contributed by atoms with van der Waals surface area (Å²) in [5.74, 6) is 3.79. The van der Waals surface area contributed by atoms with Crippen LogP contribution < -0.4 is 0 Å². The Kier molecular flexibility index (Phi) is 17.9. The van der Waals surface area contributed by atoms with Gasteiger partial charge in [0.15, 0.2) is 40.6 Å². The van der Waals surface area contributed by atoms with E-state index in [0.717, 1.165) is 94.0 Å². The van der Waals surface area contributed by atoms with Gasteiger partial charge in [-0.1, -0.05) is 372 Å². The molecule has 0 fully saturated rings. The largest absolute Gasteiger partial charge is 0.238 e. The zero-order chi connectivity index (χ0) is 85.0. The maximum Gasteiger partial charge on any atom is 0.187 e. The molecule has 9 heteroatoms. The number of rotatable bonds is 12. The molecule has 3 aliphatic carbocycles. The quantitative estimate of drug-likeness (QED) is 0.111. The van der Waals surface area contributed by atoms with Crippen molar-refractivity contribution in [3.8, 4) is 203 Å². The molecule has 0 radical (unpaired) electrons. The van der Waals surface area contributed by atoms with Crippen molar-refractivity contribution in [2.45, 2.75) is 19.3 Å². The molecule has 24 rings (SSSR count). The van der Waals surface area contributed by atoms with Crippen molar-refractivity contribution < 1.29 is 0 Å². The predicted molar refractivity (Wildman–Crippen MR) is 517 cm³/mol. The summed E-state index contributed by atoms with van der Waals surface area (Å²) in [6, 6.07) is 143. The molecule has 21 aromatic rings. The lowest BCUT2D eigenvalue weighted by Gasteiger charge is -2.21. The molecule has 0 unspecified atom stereocenters. The van der Waals surface area contributed by atoms with Gasteiger partial charge < -0.3 is 0 Å². The predicted octanol–water partition coefficient (Wildman–Crippen LogP) is 30.3. The van der Waals surface area contributed by atoms with Crippen molar-refractivity contribution >= 4 is 48.8 Å². The number of hydrogen-bond donors (Lipinski definition) is 0. The summed E-state index contributed by atoms with van der Waals surface area (Å²) in [6.45, 7) is 11.9. The summed E-state index contributed by atoms with van der Waals surface area (Å²) in [6.07, 6.45) is 0. The average molecular weight is 1610 g/mol. The molecular weight excluding hydrogens is 1540 g/mol. The van der Waals surface area contributed by atoms with Gasteiger partial charge in [-0.2, -0.15) is 10.5 Å². The first-order valence-electron chi connectivity index (χ1n) is 42.6. The molecule has 0 saturated carbocycles. The molecule has 588 valence electrons. The van der Waals surface area contributed by atoms with Gasteiger partial charge in [0.1, 0.15) is 0 Å². The van der Waals surface area contributed by atoms with E-state index in [4.69, 9.17) is 36.5 Å². The summed E-state index contributed by atoms with van der Waals surface area (Å²) in [7, 11) is 0. The number of hydrogen-bond acceptors (Lipinski definition) is 8. The molecule has 9 nitrogen and oxygen atoms in total. The Morgan fingerprint density at radius 1 is 0.228 bits per heavy atom. The standard InChI is InChI=1S/C60H36N4.C58H35N5/c1-61-49-30-28-40(29-31-49)45-24-25-47-37-48(27-26-46(47)36-45)51-33-35-55-53-15-9-8-14-52(53)54-34-32-50(56(51)57(54)55)41-20-16-38(17-21-41)39-18-22-44(23-19-39)60-63-58(42-10-4-2-5-11-42)62-59(64-60)43-12-6-3-7-13-43;1-58(2)51-15-9-8-14-45(51)46-25-21-38(31-52(46)58)57-62-55(36-10-4-3-5-11-36)61-56(63-57)37-19-17-35(18-20-37)40-26-27-47-41-12-6-7-13-42(41)48-28-29-49(53(40)54(47)48)43-24-22-39(33-60)50-30-34(32-59)16-23-44(43)50/h2-37H;3-31H,1-2H3. The maximum atomic E-state index is 10.1. The maximum absolute atomic E-state index is 10.1. The van der Waals surface area contributed by atoms with Crippen LogP contribution in [0, 0.1) is 29.2 Å². The molecule has 0 saturated heterocycles. The van der Waals surface area contributed by atoms with E-state index in [0.29, 0.717) is 51.8 Å². The van der Waals surface area contributed by atoms with Crippen molar-refractivity contribution in [1.29, 1.82) is 10.5 Å². The van der Waals surface area contributed by atoms with Gasteiger partial charge in [0.2, 0.25) is 0 Å². The number of nitriles is 2. The van der Waals surface area contributed by atoms with Crippen molar-refractivity contribution in [2.75, 3.05) is 0 Å². The van der Waals surface area contributed by atoms with E-state index in [9.17, 15) is 10.5 Å². The van der Waals surface area contributed by atoms with Gasteiger partial charge in [-0.3, -0.25) is 0 Å². The van der Waals surface area contributed by atoms with Crippen LogP contribution in [0.4, 0.5) is 5.69 Å². The Morgan fingerprint density at radius 3 is 1.02 bits per heavy atom. The fourth-order valence-corrected chi connectivity index (χ4v) is 19.4. The van der Waals surface area contributed by atoms with Crippen LogP contribution in [0.5, 0.6) is 0 Å². The molecule has 0 amide bonds. The first kappa shape index (κ1) is 74.7. The fourth-order valence-electron chi connectivity index (χ4n) is 19.4. The SMILES string of the molecule is CC1(C)c2ccccc2-c2ccc(-c3nc(-c4ccccc4)nc(-c4ccc(-c5ccc6c7c(ccc(-c8ccc(C#N)c9cc(C#N)ccc89)c57)-c5ccccc5-6)cc4)n3)cc21.[C-]#[N+]c1ccc(-c2ccc3cc(-c4ccc5c6c(ccc(-c7ccc(-c8ccc(-c9nc(-c%10ccccc%10)nc(-c%10ccccc%10)n9)cc8)cc7)c46)-c4ccccc4-5)ccc3c2)cc1. The number of fused-ring (bicyclic) bond motifs is 11. The minimum absolute atomic E-state index is 0.157. The first-order valence-corrected chi connectivity index (χ1v) is 42.6. The highest BCUT2D eigenvalue weighted by molar-refractivity contribution is 6.25. The van der Waals surface area contributed by atoms with E-state index >= 15 is 0 Å². The third-order valence-electron chi connectivity index (χ3n) is 25.7. The number of nitrogens with zero attached hydrogens (tertiary/aromatic N) is 9. The highest BCUT2D eigenvalue weighted by atomic mass is 15.0. The smallest absolute Gasteiger partial charge is 0.187 e. The fraction of sp³-hybridized carbons (Fsp3) is 0.0254. The lowest BCUT2D eigenvalue weighted by molar-refractivity contribution is 0.660. The summed E-state index contributed by atoms with van der Waals surface area (Å²) >= 11 is 0. The minimum Gasteiger partial charge on any atom is -0.238 e. The third kappa shape index (κ3) is 12.8. The van der Waals surface area contributed by atoms with E-state index in [1.165, 1.54) is 116 Å². The van der Waals surface area contributed by atoms with Crippen molar-refractivity contribution in [3.63, 3.8) is 0 Å². The number of aromatic nitrogens is 6. The summed E-state index contributed by atoms with van der Waals surface area (Å²) in [5, 5.41) is 28.8. The second-order valence-corrected chi connectivity index (χ2v) is 33.2. The molecular formula is C118H71N9. The van der Waals surface area contributed by atoms with Crippen molar-refractivity contribution in [1.82, 2.24) is 29.9 Å². The van der Waals surface area contributed by atoms with Gasteiger partial charge >= 0.3 is 0 Å². The topological polar surface area (TPSA) is 129 Å². The van der Waals surface area contributed by atoms with Gasteiger partial charge in [-0.15, -0.1) is 0 Å². The second-order valence-electron chi connectivity index (χ2n) is 33.2. The summed E-state index contributed by atoms with van der Waals surface area (Å²) in [4.78, 5) is 33.6. The van der Waals surface area contributed by atoms with E-state index in [1.54, 1.807) is 0 Å². The highest BCUT2D eigenvalue weighted by Gasteiger charge is 2.36. The van der Waals surface area contributed by atoms with Crippen LogP contribution >= 0.6 is 0 Å². The Labute approximate surface area is 734 Å². The van der Waals surface area contributed by atoms with Gasteiger partial charge in [-0.05, 0) is 208 Å². The van der Waals surface area contributed by atoms with Gasteiger partial charge in [0.25, 0.3) is 0 Å². The Bertz CT molecular complexity index is 8150. The average Bonchev–Trinajstić information content (AvgIpc) is 1.58. The Morgan fingerprint density at radius 2 is 0.551 bits per heavy atom. The molecule has 2 heterocycles.